The van der Waals surface area contributed by atoms with Crippen LogP contribution in [0.25, 0.3) is 0 Å². The van der Waals surface area contributed by atoms with Gasteiger partial charge in [-0.2, -0.15) is 0 Å². The van der Waals surface area contributed by atoms with Gasteiger partial charge < -0.3 is 15.5 Å². The highest BCUT2D eigenvalue weighted by molar-refractivity contribution is 5.94. The van der Waals surface area contributed by atoms with Crippen molar-refractivity contribution in [2.24, 2.45) is 17.6 Å². The quantitative estimate of drug-likeness (QED) is 0.891. The van der Waals surface area contributed by atoms with E-state index in [9.17, 15) is 9.59 Å². The van der Waals surface area contributed by atoms with E-state index in [1.54, 1.807) is 4.90 Å². The lowest BCUT2D eigenvalue weighted by atomic mass is 9.90. The molecular weight excluding hydrogens is 314 g/mol. The number of nitrogens with zero attached hydrogens (tertiary/aromatic N) is 2. The fourth-order valence-corrected chi connectivity index (χ4v) is 3.36. The Bertz CT molecular complexity index is 587. The number of benzene rings is 1. The first-order valence-corrected chi connectivity index (χ1v) is 9.18. The summed E-state index contributed by atoms with van der Waals surface area (Å²) in [6, 6.07) is 7.80. The average molecular weight is 345 g/mol. The van der Waals surface area contributed by atoms with Crippen LogP contribution in [-0.2, 0) is 11.3 Å². The highest BCUT2D eigenvalue weighted by Crippen LogP contribution is 2.21. The molecular formula is C20H31N3O2. The Hall–Kier alpha value is -1.88. The summed E-state index contributed by atoms with van der Waals surface area (Å²) in [5.41, 5.74) is 7.70. The van der Waals surface area contributed by atoms with Crippen LogP contribution in [0, 0.1) is 11.8 Å². The highest BCUT2D eigenvalue weighted by atomic mass is 16.2. The zero-order valence-electron chi connectivity index (χ0n) is 15.9. The Kier molecular flexibility index (Phi) is 6.59. The minimum Gasteiger partial charge on any atom is -0.341 e. The van der Waals surface area contributed by atoms with Crippen LogP contribution < -0.4 is 5.73 Å². The number of hydrogen-bond donors (Lipinski definition) is 1. The smallest absolute Gasteiger partial charge is 0.253 e. The van der Waals surface area contributed by atoms with Crippen molar-refractivity contribution in [1.82, 2.24) is 9.80 Å². The number of rotatable bonds is 5. The van der Waals surface area contributed by atoms with Crippen molar-refractivity contribution in [3.63, 3.8) is 0 Å². The fraction of sp³-hybridized carbons (Fsp3) is 0.600. The van der Waals surface area contributed by atoms with E-state index in [0.717, 1.165) is 31.5 Å². The van der Waals surface area contributed by atoms with Gasteiger partial charge in [0.2, 0.25) is 5.91 Å². The molecule has 0 bridgehead atoms. The molecule has 138 valence electrons. The fourth-order valence-electron chi connectivity index (χ4n) is 3.36. The lowest BCUT2D eigenvalue weighted by Gasteiger charge is -2.33. The van der Waals surface area contributed by atoms with E-state index in [4.69, 9.17) is 5.73 Å². The summed E-state index contributed by atoms with van der Waals surface area (Å²) in [5.74, 6) is 0.712. The Balaban J connectivity index is 1.93. The normalized spacial score (nSPS) is 16.8. The molecule has 25 heavy (non-hydrogen) atoms. The molecule has 1 fully saturated rings. The third-order valence-electron chi connectivity index (χ3n) is 5.06. The summed E-state index contributed by atoms with van der Waals surface area (Å²) in [7, 11) is 1.81. The first-order valence-electron chi connectivity index (χ1n) is 9.18. The van der Waals surface area contributed by atoms with Gasteiger partial charge in [0.25, 0.3) is 5.91 Å². The minimum absolute atomic E-state index is 0.00924. The van der Waals surface area contributed by atoms with Crippen molar-refractivity contribution in [2.45, 2.75) is 46.2 Å². The van der Waals surface area contributed by atoms with Crippen molar-refractivity contribution in [3.05, 3.63) is 35.4 Å². The maximum Gasteiger partial charge on any atom is 0.253 e. The van der Waals surface area contributed by atoms with Crippen LogP contribution in [0.1, 0.15) is 49.5 Å². The first-order chi connectivity index (χ1) is 11.8. The molecule has 1 aliphatic heterocycles. The maximum absolute atomic E-state index is 12.6. The van der Waals surface area contributed by atoms with Crippen molar-refractivity contribution < 1.29 is 9.59 Å². The average Bonchev–Trinajstić information content (AvgIpc) is 2.61. The van der Waals surface area contributed by atoms with E-state index in [1.807, 2.05) is 57.0 Å². The van der Waals surface area contributed by atoms with Crippen LogP contribution in [0.2, 0.25) is 0 Å². The zero-order chi connectivity index (χ0) is 18.6. The number of amides is 2. The Labute approximate surface area is 151 Å². The van der Waals surface area contributed by atoms with Gasteiger partial charge in [-0.1, -0.05) is 26.0 Å². The largest absolute Gasteiger partial charge is 0.341 e. The minimum atomic E-state index is -0.00924. The van der Waals surface area contributed by atoms with Crippen LogP contribution in [0.5, 0.6) is 0 Å². The third-order valence-corrected chi connectivity index (χ3v) is 5.06. The molecule has 1 saturated heterocycles. The van der Waals surface area contributed by atoms with Crippen LogP contribution in [0.3, 0.4) is 0 Å². The zero-order valence-corrected chi connectivity index (χ0v) is 15.9. The van der Waals surface area contributed by atoms with E-state index in [2.05, 4.69) is 0 Å². The summed E-state index contributed by atoms with van der Waals surface area (Å²) in [6.45, 7) is 7.95. The second-order valence-electron chi connectivity index (χ2n) is 7.53. The van der Waals surface area contributed by atoms with Gasteiger partial charge in [-0.05, 0) is 43.4 Å². The number of likely N-dealkylation sites (tertiary alicyclic amines) is 1. The first kappa shape index (κ1) is 19.4. The van der Waals surface area contributed by atoms with Crippen molar-refractivity contribution in [3.8, 4) is 0 Å². The van der Waals surface area contributed by atoms with Crippen molar-refractivity contribution in [1.29, 1.82) is 0 Å². The molecule has 5 heteroatoms. The molecule has 5 nitrogen and oxygen atoms in total. The van der Waals surface area contributed by atoms with Crippen molar-refractivity contribution >= 4 is 11.8 Å². The van der Waals surface area contributed by atoms with Crippen LogP contribution in [-0.4, -0.2) is 47.8 Å². The van der Waals surface area contributed by atoms with E-state index >= 15 is 0 Å². The lowest BCUT2D eigenvalue weighted by molar-refractivity contribution is -0.133. The molecule has 1 aromatic rings. The van der Waals surface area contributed by atoms with E-state index in [0.29, 0.717) is 18.0 Å². The molecule has 2 amide bonds. The third kappa shape index (κ3) is 5.05. The molecule has 0 aliphatic carbocycles. The number of carbonyl (C=O) groups is 2. The SMILES string of the molecule is CC(C)C(=O)N(C)Cc1ccc(C(=O)N2CCC(C(C)N)CC2)cc1. The number of carbonyl (C=O) groups excluding carboxylic acids is 2. The molecule has 1 unspecified atom stereocenters. The Morgan fingerprint density at radius 1 is 1.16 bits per heavy atom. The van der Waals surface area contributed by atoms with E-state index in [-0.39, 0.29) is 23.8 Å². The molecule has 0 saturated carbocycles. The number of piperidine rings is 1. The summed E-state index contributed by atoms with van der Waals surface area (Å²) >= 11 is 0. The monoisotopic (exact) mass is 345 g/mol. The van der Waals surface area contributed by atoms with Gasteiger partial charge in [-0.3, -0.25) is 9.59 Å². The standard InChI is InChI=1S/C20H31N3O2/c1-14(2)19(24)22(4)13-16-5-7-18(8-6-16)20(25)23-11-9-17(10-12-23)15(3)21/h5-8,14-15,17H,9-13,21H2,1-4H3. The topological polar surface area (TPSA) is 66.6 Å². The Morgan fingerprint density at radius 3 is 2.20 bits per heavy atom. The van der Waals surface area contributed by atoms with Gasteiger partial charge in [-0.25, -0.2) is 0 Å². The molecule has 0 radical (unpaired) electrons. The summed E-state index contributed by atoms with van der Waals surface area (Å²) in [5, 5.41) is 0. The van der Waals surface area contributed by atoms with E-state index < -0.39 is 0 Å². The molecule has 1 aliphatic rings. The van der Waals surface area contributed by atoms with Gasteiger partial charge in [0.15, 0.2) is 0 Å². The van der Waals surface area contributed by atoms with Crippen molar-refractivity contribution in [2.75, 3.05) is 20.1 Å². The van der Waals surface area contributed by atoms with Crippen LogP contribution in [0.4, 0.5) is 0 Å². The predicted octanol–water partition coefficient (Wildman–Crippen LogP) is 2.50. The molecule has 0 spiro atoms. The van der Waals surface area contributed by atoms with E-state index in [1.165, 1.54) is 0 Å². The Morgan fingerprint density at radius 2 is 1.72 bits per heavy atom. The summed E-state index contributed by atoms with van der Waals surface area (Å²) in [6.07, 6.45) is 1.95. The molecule has 2 rings (SSSR count). The lowest BCUT2D eigenvalue weighted by Crippen LogP contribution is -2.42. The molecule has 1 atom stereocenters. The predicted molar refractivity (Wildman–Crippen MR) is 100 cm³/mol. The van der Waals surface area contributed by atoms with Gasteiger partial charge in [-0.15, -0.1) is 0 Å². The molecule has 2 N–H and O–H groups in total. The molecule has 1 heterocycles. The van der Waals surface area contributed by atoms with Crippen LogP contribution >= 0.6 is 0 Å². The number of hydrogen-bond acceptors (Lipinski definition) is 3. The number of nitrogens with two attached hydrogens (primary N) is 1. The van der Waals surface area contributed by atoms with Gasteiger partial charge in [0.05, 0.1) is 0 Å². The second kappa shape index (κ2) is 8.48. The van der Waals surface area contributed by atoms with Gasteiger partial charge in [0, 0.05) is 44.2 Å². The van der Waals surface area contributed by atoms with Crippen LogP contribution in [0.15, 0.2) is 24.3 Å². The van der Waals surface area contributed by atoms with Gasteiger partial charge >= 0.3 is 0 Å². The van der Waals surface area contributed by atoms with Gasteiger partial charge in [0.1, 0.15) is 0 Å². The molecule has 1 aromatic carbocycles. The summed E-state index contributed by atoms with van der Waals surface area (Å²) in [4.78, 5) is 28.2. The summed E-state index contributed by atoms with van der Waals surface area (Å²) < 4.78 is 0. The molecule has 0 aromatic heterocycles. The second-order valence-corrected chi connectivity index (χ2v) is 7.53. The highest BCUT2D eigenvalue weighted by Gasteiger charge is 2.25. The maximum atomic E-state index is 12.6.